The van der Waals surface area contributed by atoms with Crippen LogP contribution in [0.3, 0.4) is 0 Å². The zero-order valence-electron chi connectivity index (χ0n) is 9.88. The van der Waals surface area contributed by atoms with E-state index in [0.29, 0.717) is 5.88 Å². The fourth-order valence-electron chi connectivity index (χ4n) is 1.49. The number of carbonyl (C=O) groups is 1. The Hall–Kier alpha value is -1.48. The summed E-state index contributed by atoms with van der Waals surface area (Å²) in [6.07, 6.45) is 1.87. The van der Waals surface area contributed by atoms with Gasteiger partial charge in [-0.25, -0.2) is 0 Å². The van der Waals surface area contributed by atoms with E-state index in [9.17, 15) is 4.79 Å². The minimum Gasteiger partial charge on any atom is -0.361 e. The van der Waals surface area contributed by atoms with Crippen LogP contribution in [0.1, 0.15) is 13.8 Å². The zero-order valence-corrected chi connectivity index (χ0v) is 10.6. The molecule has 0 radical (unpaired) electrons. The van der Waals surface area contributed by atoms with Gasteiger partial charge in [-0.15, -0.1) is 11.6 Å². The Morgan fingerprint density at radius 1 is 1.41 bits per heavy atom. The van der Waals surface area contributed by atoms with Crippen LogP contribution in [0.25, 0.3) is 10.9 Å². The van der Waals surface area contributed by atoms with Gasteiger partial charge in [0.2, 0.25) is 5.91 Å². The molecule has 2 rings (SSSR count). The number of fused-ring (bicyclic) bond motifs is 1. The molecule has 0 atom stereocenters. The third-order valence-electron chi connectivity index (χ3n) is 2.76. The first kappa shape index (κ1) is 12.0. The first-order chi connectivity index (χ1) is 8.03. The van der Waals surface area contributed by atoms with E-state index in [2.05, 4.69) is 10.3 Å². The molecule has 0 bridgehead atoms. The van der Waals surface area contributed by atoms with Crippen LogP contribution in [0.15, 0.2) is 30.5 Å². The van der Waals surface area contributed by atoms with Gasteiger partial charge in [0, 0.05) is 28.7 Å². The molecule has 1 heterocycles. The lowest BCUT2D eigenvalue weighted by Crippen LogP contribution is -2.32. The summed E-state index contributed by atoms with van der Waals surface area (Å²) < 4.78 is 0. The number of hydrogen-bond donors (Lipinski definition) is 2. The second kappa shape index (κ2) is 4.41. The maximum Gasteiger partial charge on any atom is 0.231 e. The zero-order chi connectivity index (χ0) is 12.5. The Morgan fingerprint density at radius 3 is 2.88 bits per heavy atom. The van der Waals surface area contributed by atoms with Gasteiger partial charge in [-0.05, 0) is 38.1 Å². The van der Waals surface area contributed by atoms with E-state index in [1.807, 2.05) is 44.3 Å². The lowest BCUT2D eigenvalue weighted by Gasteiger charge is -2.20. The van der Waals surface area contributed by atoms with Crippen molar-refractivity contribution in [1.29, 1.82) is 0 Å². The van der Waals surface area contributed by atoms with Gasteiger partial charge < -0.3 is 10.3 Å². The Labute approximate surface area is 105 Å². The number of nitrogens with one attached hydrogen (secondary N) is 2. The SMILES string of the molecule is CC(C)(CCl)C(=O)Nc1ccc2[nH]ccc2c1. The number of benzene rings is 1. The number of carbonyl (C=O) groups excluding carboxylic acids is 1. The van der Waals surface area contributed by atoms with Gasteiger partial charge in [0.1, 0.15) is 0 Å². The number of hydrogen-bond acceptors (Lipinski definition) is 1. The highest BCUT2D eigenvalue weighted by Gasteiger charge is 2.26. The van der Waals surface area contributed by atoms with Gasteiger partial charge in [0.05, 0.1) is 5.41 Å². The second-order valence-corrected chi connectivity index (χ2v) is 5.02. The molecule has 0 unspecified atom stereocenters. The van der Waals surface area contributed by atoms with Crippen LogP contribution in [0.4, 0.5) is 5.69 Å². The molecule has 0 aliphatic carbocycles. The number of amides is 1. The summed E-state index contributed by atoms with van der Waals surface area (Å²) >= 11 is 5.77. The summed E-state index contributed by atoms with van der Waals surface area (Å²) in [5.41, 5.74) is 1.29. The van der Waals surface area contributed by atoms with Crippen molar-refractivity contribution in [3.05, 3.63) is 30.5 Å². The first-order valence-corrected chi connectivity index (χ1v) is 6.01. The molecule has 2 N–H and O–H groups in total. The molecule has 0 saturated heterocycles. The van der Waals surface area contributed by atoms with E-state index in [-0.39, 0.29) is 5.91 Å². The Morgan fingerprint density at radius 2 is 2.18 bits per heavy atom. The topological polar surface area (TPSA) is 44.9 Å². The van der Waals surface area contributed by atoms with Gasteiger partial charge in [-0.3, -0.25) is 4.79 Å². The van der Waals surface area contributed by atoms with Crippen molar-refractivity contribution in [2.45, 2.75) is 13.8 Å². The molecule has 0 aliphatic heterocycles. The van der Waals surface area contributed by atoms with Crippen LogP contribution >= 0.6 is 11.6 Å². The van der Waals surface area contributed by atoms with Crippen molar-refractivity contribution in [2.24, 2.45) is 5.41 Å². The average Bonchev–Trinajstić information content (AvgIpc) is 2.76. The van der Waals surface area contributed by atoms with Crippen LogP contribution in [-0.4, -0.2) is 16.8 Å². The molecule has 1 aromatic heterocycles. The monoisotopic (exact) mass is 250 g/mol. The maximum absolute atomic E-state index is 11.9. The number of H-pyrrole nitrogens is 1. The van der Waals surface area contributed by atoms with Crippen molar-refractivity contribution < 1.29 is 4.79 Å². The third kappa shape index (κ3) is 2.44. The molecular formula is C13H15ClN2O. The van der Waals surface area contributed by atoms with Gasteiger partial charge in [0.25, 0.3) is 0 Å². The van der Waals surface area contributed by atoms with Crippen molar-refractivity contribution in [2.75, 3.05) is 11.2 Å². The van der Waals surface area contributed by atoms with Crippen molar-refractivity contribution >= 4 is 34.1 Å². The van der Waals surface area contributed by atoms with Crippen LogP contribution in [0.5, 0.6) is 0 Å². The molecule has 4 heteroatoms. The first-order valence-electron chi connectivity index (χ1n) is 5.47. The van der Waals surface area contributed by atoms with Gasteiger partial charge >= 0.3 is 0 Å². The third-order valence-corrected chi connectivity index (χ3v) is 3.43. The molecule has 17 heavy (non-hydrogen) atoms. The molecule has 1 aromatic carbocycles. The lowest BCUT2D eigenvalue weighted by atomic mass is 9.95. The molecular weight excluding hydrogens is 236 g/mol. The number of halogens is 1. The van der Waals surface area contributed by atoms with Crippen molar-refractivity contribution in [1.82, 2.24) is 4.98 Å². The van der Waals surface area contributed by atoms with Crippen LogP contribution in [-0.2, 0) is 4.79 Å². The summed E-state index contributed by atoms with van der Waals surface area (Å²) in [5, 5.41) is 3.95. The Bertz CT molecular complexity index is 545. The Balaban J connectivity index is 2.21. The van der Waals surface area contributed by atoms with Crippen molar-refractivity contribution in [3.8, 4) is 0 Å². The quantitative estimate of drug-likeness (QED) is 0.806. The summed E-state index contributed by atoms with van der Waals surface area (Å²) in [5.74, 6) is 0.230. The van der Waals surface area contributed by atoms with Crippen LogP contribution < -0.4 is 5.32 Å². The molecule has 2 aromatic rings. The van der Waals surface area contributed by atoms with Crippen molar-refractivity contribution in [3.63, 3.8) is 0 Å². The normalized spacial score (nSPS) is 11.7. The predicted molar refractivity (Wildman–Crippen MR) is 71.4 cm³/mol. The van der Waals surface area contributed by atoms with E-state index in [4.69, 9.17) is 11.6 Å². The molecule has 0 fully saturated rings. The number of anilines is 1. The predicted octanol–water partition coefficient (Wildman–Crippen LogP) is 3.37. The smallest absolute Gasteiger partial charge is 0.231 e. The summed E-state index contributed by atoms with van der Waals surface area (Å²) in [4.78, 5) is 15.0. The molecule has 0 aliphatic rings. The van der Waals surface area contributed by atoms with Gasteiger partial charge in [-0.2, -0.15) is 0 Å². The van der Waals surface area contributed by atoms with E-state index >= 15 is 0 Å². The molecule has 0 saturated carbocycles. The van der Waals surface area contributed by atoms with E-state index in [1.165, 1.54) is 0 Å². The molecule has 3 nitrogen and oxygen atoms in total. The minimum atomic E-state index is -0.561. The highest BCUT2D eigenvalue weighted by atomic mass is 35.5. The summed E-state index contributed by atoms with van der Waals surface area (Å²) in [6, 6.07) is 7.73. The number of aromatic amines is 1. The number of rotatable bonds is 3. The number of alkyl halides is 1. The molecule has 90 valence electrons. The lowest BCUT2D eigenvalue weighted by molar-refractivity contribution is -0.122. The highest BCUT2D eigenvalue weighted by molar-refractivity contribution is 6.20. The Kier molecular flexibility index (Phi) is 3.11. The second-order valence-electron chi connectivity index (χ2n) is 4.75. The minimum absolute atomic E-state index is 0.0672. The van der Waals surface area contributed by atoms with E-state index in [0.717, 1.165) is 16.6 Å². The van der Waals surface area contributed by atoms with Crippen LogP contribution in [0.2, 0.25) is 0 Å². The highest BCUT2D eigenvalue weighted by Crippen LogP contribution is 2.22. The molecule has 1 amide bonds. The van der Waals surface area contributed by atoms with E-state index in [1.54, 1.807) is 0 Å². The maximum atomic E-state index is 11.9. The average molecular weight is 251 g/mol. The van der Waals surface area contributed by atoms with E-state index < -0.39 is 5.41 Å². The number of aromatic nitrogens is 1. The fraction of sp³-hybridized carbons (Fsp3) is 0.308. The van der Waals surface area contributed by atoms with Gasteiger partial charge in [-0.1, -0.05) is 0 Å². The largest absolute Gasteiger partial charge is 0.361 e. The standard InChI is InChI=1S/C13H15ClN2O/c1-13(2,8-14)12(17)16-10-3-4-11-9(7-10)5-6-15-11/h3-7,15H,8H2,1-2H3,(H,16,17). The summed E-state index contributed by atoms with van der Waals surface area (Å²) in [7, 11) is 0. The summed E-state index contributed by atoms with van der Waals surface area (Å²) in [6.45, 7) is 3.65. The molecule has 0 spiro atoms. The fourth-order valence-corrected chi connectivity index (χ4v) is 1.61. The van der Waals surface area contributed by atoms with Crippen LogP contribution in [0, 0.1) is 5.41 Å². The van der Waals surface area contributed by atoms with Gasteiger partial charge in [0.15, 0.2) is 0 Å².